The fraction of sp³-hybridized carbons (Fsp3) is 0.176. The molecule has 0 bridgehead atoms. The molecule has 3 rings (SSSR count). The van der Waals surface area contributed by atoms with Gasteiger partial charge in [-0.05, 0) is 12.1 Å². The molecule has 7 heteroatoms. The first-order valence-corrected chi connectivity index (χ1v) is 8.23. The molecule has 0 aliphatic carbocycles. The van der Waals surface area contributed by atoms with Gasteiger partial charge in [0.05, 0.1) is 0 Å². The number of aliphatic imine (C=N–C) groups is 1. The van der Waals surface area contributed by atoms with E-state index in [4.69, 9.17) is 28.9 Å². The highest BCUT2D eigenvalue weighted by molar-refractivity contribution is 6.45. The molecule has 0 saturated carbocycles. The standard InChI is InChI=1S/C17H16Cl2N4O/c18-15(19)17(23-14(24)12-9-5-2-6-10-12)16(20)21-13(22-17)11-7-3-1-4-8-11/h1-10,15-16H,20H2,(H,21,22)(H,23,24)/t16-,17+/m0/s1. The SMILES string of the molecule is N[C@H]1N=C(c2ccccc2)N[C@@]1(NC(=O)c1ccccc1)C(Cl)Cl. The zero-order valence-electron chi connectivity index (χ0n) is 12.6. The molecule has 0 unspecified atom stereocenters. The van der Waals surface area contributed by atoms with Crippen LogP contribution in [0.25, 0.3) is 0 Å². The third-order valence-corrected chi connectivity index (χ3v) is 4.50. The Morgan fingerprint density at radius 3 is 2.29 bits per heavy atom. The van der Waals surface area contributed by atoms with Crippen molar-refractivity contribution >= 4 is 34.9 Å². The minimum atomic E-state index is -1.29. The Kier molecular flexibility index (Phi) is 4.76. The topological polar surface area (TPSA) is 79.5 Å². The number of nitrogens with zero attached hydrogens (tertiary/aromatic N) is 1. The van der Waals surface area contributed by atoms with E-state index in [1.165, 1.54) is 0 Å². The van der Waals surface area contributed by atoms with Crippen LogP contribution in [0.2, 0.25) is 0 Å². The van der Waals surface area contributed by atoms with Crippen LogP contribution >= 0.6 is 23.2 Å². The summed E-state index contributed by atoms with van der Waals surface area (Å²) in [6, 6.07) is 18.2. The van der Waals surface area contributed by atoms with E-state index in [1.54, 1.807) is 24.3 Å². The van der Waals surface area contributed by atoms with Crippen LogP contribution in [-0.4, -0.2) is 28.4 Å². The highest BCUT2D eigenvalue weighted by Gasteiger charge is 2.49. The lowest BCUT2D eigenvalue weighted by Crippen LogP contribution is -2.69. The molecule has 24 heavy (non-hydrogen) atoms. The van der Waals surface area contributed by atoms with E-state index in [2.05, 4.69) is 15.6 Å². The van der Waals surface area contributed by atoms with Crippen molar-refractivity contribution in [2.75, 3.05) is 0 Å². The molecule has 1 aliphatic heterocycles. The number of carbonyl (C=O) groups is 1. The van der Waals surface area contributed by atoms with Gasteiger partial charge in [-0.1, -0.05) is 48.5 Å². The van der Waals surface area contributed by atoms with E-state index in [0.717, 1.165) is 5.56 Å². The summed E-state index contributed by atoms with van der Waals surface area (Å²) in [6.45, 7) is 0. The van der Waals surface area contributed by atoms with Crippen molar-refractivity contribution in [3.63, 3.8) is 0 Å². The number of amidine groups is 1. The summed E-state index contributed by atoms with van der Waals surface area (Å²) in [6.07, 6.45) is -0.833. The second kappa shape index (κ2) is 6.81. The smallest absolute Gasteiger partial charge is 0.253 e. The largest absolute Gasteiger partial charge is 0.342 e. The summed E-state index contributed by atoms with van der Waals surface area (Å²) in [5.41, 5.74) is 6.16. The number of hydrogen-bond acceptors (Lipinski definition) is 4. The van der Waals surface area contributed by atoms with E-state index < -0.39 is 16.7 Å². The zero-order chi connectivity index (χ0) is 17.2. The van der Waals surface area contributed by atoms with Crippen LogP contribution in [0.3, 0.4) is 0 Å². The molecule has 1 aliphatic rings. The molecule has 0 saturated heterocycles. The summed E-state index contributed by atoms with van der Waals surface area (Å²) in [4.78, 5) is 15.9. The summed E-state index contributed by atoms with van der Waals surface area (Å²) < 4.78 is 0. The molecule has 0 fully saturated rings. The van der Waals surface area contributed by atoms with Crippen LogP contribution in [0.1, 0.15) is 15.9 Å². The Morgan fingerprint density at radius 1 is 1.12 bits per heavy atom. The number of alkyl halides is 2. The predicted octanol–water partition coefficient (Wildman–Crippen LogP) is 2.25. The zero-order valence-corrected chi connectivity index (χ0v) is 14.1. The molecule has 1 heterocycles. The van der Waals surface area contributed by atoms with Crippen LogP contribution in [0.4, 0.5) is 0 Å². The van der Waals surface area contributed by atoms with Gasteiger partial charge in [0, 0.05) is 11.1 Å². The van der Waals surface area contributed by atoms with Crippen LogP contribution in [0.5, 0.6) is 0 Å². The van der Waals surface area contributed by atoms with Crippen LogP contribution in [-0.2, 0) is 0 Å². The van der Waals surface area contributed by atoms with Gasteiger partial charge < -0.3 is 16.4 Å². The molecule has 5 nitrogen and oxygen atoms in total. The Hall–Kier alpha value is -2.08. The molecule has 2 aromatic rings. The number of rotatable bonds is 4. The first-order chi connectivity index (χ1) is 11.5. The number of halogens is 2. The number of amides is 1. The van der Waals surface area contributed by atoms with Gasteiger partial charge in [-0.15, -0.1) is 23.2 Å². The van der Waals surface area contributed by atoms with Gasteiger partial charge in [-0.3, -0.25) is 4.79 Å². The molecular weight excluding hydrogens is 347 g/mol. The third-order valence-electron chi connectivity index (χ3n) is 3.81. The van der Waals surface area contributed by atoms with Gasteiger partial charge >= 0.3 is 0 Å². The van der Waals surface area contributed by atoms with Crippen molar-refractivity contribution in [2.45, 2.75) is 16.7 Å². The Labute approximate surface area is 149 Å². The van der Waals surface area contributed by atoms with Crippen molar-refractivity contribution in [1.82, 2.24) is 10.6 Å². The second-order valence-electron chi connectivity index (χ2n) is 5.40. The first-order valence-electron chi connectivity index (χ1n) is 7.35. The van der Waals surface area contributed by atoms with Crippen LogP contribution in [0, 0.1) is 0 Å². The lowest BCUT2D eigenvalue weighted by molar-refractivity contribution is 0.0886. The number of carbonyl (C=O) groups excluding carboxylic acids is 1. The maximum Gasteiger partial charge on any atom is 0.253 e. The highest BCUT2D eigenvalue weighted by Crippen LogP contribution is 2.27. The summed E-state index contributed by atoms with van der Waals surface area (Å²) >= 11 is 12.3. The van der Waals surface area contributed by atoms with Crippen LogP contribution < -0.4 is 16.4 Å². The van der Waals surface area contributed by atoms with Crippen molar-refractivity contribution in [1.29, 1.82) is 0 Å². The fourth-order valence-electron chi connectivity index (χ4n) is 2.48. The Morgan fingerprint density at radius 2 is 1.71 bits per heavy atom. The molecule has 0 spiro atoms. The molecule has 2 atom stereocenters. The van der Waals surface area contributed by atoms with Crippen LogP contribution in [0.15, 0.2) is 65.7 Å². The summed E-state index contributed by atoms with van der Waals surface area (Å²) in [7, 11) is 0. The lowest BCUT2D eigenvalue weighted by atomic mass is 10.1. The third kappa shape index (κ3) is 3.11. The predicted molar refractivity (Wildman–Crippen MR) is 96.2 cm³/mol. The van der Waals surface area contributed by atoms with Crippen molar-refractivity contribution in [3.8, 4) is 0 Å². The molecule has 4 N–H and O–H groups in total. The van der Waals surface area contributed by atoms with E-state index in [-0.39, 0.29) is 5.91 Å². The maximum atomic E-state index is 12.5. The van der Waals surface area contributed by atoms with E-state index in [0.29, 0.717) is 11.4 Å². The maximum absolute atomic E-state index is 12.5. The summed E-state index contributed by atoms with van der Waals surface area (Å²) in [5, 5.41) is 5.90. The molecule has 2 aromatic carbocycles. The molecule has 1 amide bonds. The number of nitrogens with two attached hydrogens (primary N) is 1. The first kappa shape index (κ1) is 16.8. The van der Waals surface area contributed by atoms with E-state index in [9.17, 15) is 4.79 Å². The average molecular weight is 363 g/mol. The van der Waals surface area contributed by atoms with Gasteiger partial charge in [0.15, 0.2) is 10.5 Å². The van der Waals surface area contributed by atoms with E-state index >= 15 is 0 Å². The van der Waals surface area contributed by atoms with Crippen molar-refractivity contribution in [2.24, 2.45) is 10.7 Å². The normalized spacial score (nSPS) is 22.8. The monoisotopic (exact) mass is 362 g/mol. The average Bonchev–Trinajstić information content (AvgIpc) is 2.94. The molecule has 124 valence electrons. The molecule has 0 aromatic heterocycles. The lowest BCUT2D eigenvalue weighted by Gasteiger charge is -2.35. The minimum Gasteiger partial charge on any atom is -0.342 e. The van der Waals surface area contributed by atoms with Gasteiger partial charge in [0.25, 0.3) is 5.91 Å². The quantitative estimate of drug-likeness (QED) is 0.729. The van der Waals surface area contributed by atoms with Gasteiger partial charge in [-0.2, -0.15) is 0 Å². The van der Waals surface area contributed by atoms with E-state index in [1.807, 2.05) is 36.4 Å². The van der Waals surface area contributed by atoms with Gasteiger partial charge in [-0.25, -0.2) is 4.99 Å². The highest BCUT2D eigenvalue weighted by atomic mass is 35.5. The summed E-state index contributed by atoms with van der Waals surface area (Å²) in [5.74, 6) is 0.192. The molecule has 0 radical (unpaired) electrons. The second-order valence-corrected chi connectivity index (χ2v) is 6.50. The number of benzene rings is 2. The van der Waals surface area contributed by atoms with Gasteiger partial charge in [0.2, 0.25) is 0 Å². The minimum absolute atomic E-state index is 0.339. The number of nitrogens with one attached hydrogen (secondary N) is 2. The fourth-order valence-corrected chi connectivity index (χ4v) is 2.96. The van der Waals surface area contributed by atoms with Crippen molar-refractivity contribution in [3.05, 3.63) is 71.8 Å². The molecular formula is C17H16Cl2N4O. The Balaban J connectivity index is 1.87. The van der Waals surface area contributed by atoms with Gasteiger partial charge in [0.1, 0.15) is 12.0 Å². The van der Waals surface area contributed by atoms with Crippen molar-refractivity contribution < 1.29 is 4.79 Å². The Bertz CT molecular complexity index is 752. The number of hydrogen-bond donors (Lipinski definition) is 3.